The van der Waals surface area contributed by atoms with Crippen molar-refractivity contribution in [2.75, 3.05) is 26.2 Å². The van der Waals surface area contributed by atoms with Crippen molar-refractivity contribution in [2.45, 2.75) is 26.4 Å². The van der Waals surface area contributed by atoms with Gasteiger partial charge < -0.3 is 13.9 Å². The molecule has 0 radical (unpaired) electrons. The van der Waals surface area contributed by atoms with Crippen molar-refractivity contribution >= 4 is 5.91 Å². The van der Waals surface area contributed by atoms with Gasteiger partial charge >= 0.3 is 0 Å². The minimum absolute atomic E-state index is 0.0608. The molecule has 0 atom stereocenters. The Bertz CT molecular complexity index is 605. The first-order chi connectivity index (χ1) is 10.8. The molecule has 1 amide bonds. The molecule has 2 aromatic rings. The van der Waals surface area contributed by atoms with Crippen molar-refractivity contribution in [3.8, 4) is 0 Å². The molecule has 0 unspecified atom stereocenters. The van der Waals surface area contributed by atoms with Crippen molar-refractivity contribution in [3.05, 3.63) is 42.4 Å². The largest absolute Gasteiger partial charge is 0.472 e. The van der Waals surface area contributed by atoms with Crippen LogP contribution in [0.25, 0.3) is 0 Å². The van der Waals surface area contributed by atoms with Crippen molar-refractivity contribution in [2.24, 2.45) is 0 Å². The summed E-state index contributed by atoms with van der Waals surface area (Å²) in [6, 6.07) is 1.73. The quantitative estimate of drug-likeness (QED) is 0.865. The first kappa shape index (κ1) is 14.8. The van der Waals surface area contributed by atoms with E-state index >= 15 is 0 Å². The highest BCUT2D eigenvalue weighted by molar-refractivity contribution is 5.93. The van der Waals surface area contributed by atoms with Crippen LogP contribution in [-0.2, 0) is 13.1 Å². The number of rotatable bonds is 4. The van der Waals surface area contributed by atoms with Crippen LogP contribution in [0, 0.1) is 0 Å². The second kappa shape index (κ2) is 6.79. The maximum Gasteiger partial charge on any atom is 0.257 e. The molecule has 2 aromatic heterocycles. The van der Waals surface area contributed by atoms with Crippen LogP contribution in [0.2, 0.25) is 0 Å². The molecule has 22 heavy (non-hydrogen) atoms. The van der Waals surface area contributed by atoms with Crippen molar-refractivity contribution < 1.29 is 9.21 Å². The maximum atomic E-state index is 12.4. The zero-order valence-electron chi connectivity index (χ0n) is 12.9. The number of nitrogens with zero attached hydrogens (tertiary/aromatic N) is 4. The lowest BCUT2D eigenvalue weighted by molar-refractivity contribution is 0.0760. The molecule has 118 valence electrons. The number of carbonyl (C=O) groups is 1. The number of hydrogen-bond acceptors (Lipinski definition) is 4. The Hall–Kier alpha value is -2.08. The fourth-order valence-corrected chi connectivity index (χ4v) is 2.88. The molecular formula is C16H22N4O2. The van der Waals surface area contributed by atoms with Crippen LogP contribution < -0.4 is 0 Å². The van der Waals surface area contributed by atoms with Gasteiger partial charge in [-0.15, -0.1) is 0 Å². The van der Waals surface area contributed by atoms with Crippen molar-refractivity contribution in [1.82, 2.24) is 19.4 Å². The standard InChI is InChI=1S/C16H22N4O2/c1-2-19-8-5-17-15(19)12-18-6-3-7-20(10-9-18)16(21)14-4-11-22-13-14/h4-5,8,11,13H,2-3,6-7,9-10,12H2,1H3. The van der Waals surface area contributed by atoms with E-state index in [2.05, 4.69) is 21.4 Å². The highest BCUT2D eigenvalue weighted by atomic mass is 16.3. The molecule has 0 spiro atoms. The van der Waals surface area contributed by atoms with Crippen LogP contribution in [0.15, 0.2) is 35.4 Å². The summed E-state index contributed by atoms with van der Waals surface area (Å²) >= 11 is 0. The van der Waals surface area contributed by atoms with Crippen LogP contribution in [0.4, 0.5) is 0 Å². The highest BCUT2D eigenvalue weighted by Gasteiger charge is 2.21. The van der Waals surface area contributed by atoms with E-state index in [4.69, 9.17) is 4.42 Å². The van der Waals surface area contributed by atoms with Crippen molar-refractivity contribution in [1.29, 1.82) is 0 Å². The minimum Gasteiger partial charge on any atom is -0.472 e. The van der Waals surface area contributed by atoms with E-state index in [0.717, 1.165) is 51.5 Å². The molecule has 0 N–H and O–H groups in total. The number of amides is 1. The van der Waals surface area contributed by atoms with Crippen LogP contribution in [0.1, 0.15) is 29.5 Å². The Balaban J connectivity index is 1.59. The summed E-state index contributed by atoms with van der Waals surface area (Å²) in [4.78, 5) is 21.1. The molecule has 3 heterocycles. The van der Waals surface area contributed by atoms with Crippen LogP contribution in [0.3, 0.4) is 0 Å². The normalized spacial score (nSPS) is 16.7. The van der Waals surface area contributed by atoms with Gasteiger partial charge in [-0.05, 0) is 19.4 Å². The SMILES string of the molecule is CCn1ccnc1CN1CCCN(C(=O)c2ccoc2)CC1. The van der Waals surface area contributed by atoms with Gasteiger partial charge in [0.2, 0.25) is 0 Å². The third-order valence-electron chi connectivity index (χ3n) is 4.15. The van der Waals surface area contributed by atoms with E-state index in [1.54, 1.807) is 12.3 Å². The minimum atomic E-state index is 0.0608. The Kier molecular flexibility index (Phi) is 4.58. The number of furan rings is 1. The third kappa shape index (κ3) is 3.22. The molecule has 0 aromatic carbocycles. The predicted octanol–water partition coefficient (Wildman–Crippen LogP) is 1.84. The molecule has 1 aliphatic heterocycles. The first-order valence-corrected chi connectivity index (χ1v) is 7.81. The van der Waals surface area contributed by atoms with Gasteiger partial charge in [-0.2, -0.15) is 0 Å². The summed E-state index contributed by atoms with van der Waals surface area (Å²) in [5.41, 5.74) is 0.634. The topological polar surface area (TPSA) is 54.5 Å². The lowest BCUT2D eigenvalue weighted by Crippen LogP contribution is -2.35. The second-order valence-corrected chi connectivity index (χ2v) is 5.56. The molecule has 1 aliphatic rings. The van der Waals surface area contributed by atoms with Crippen LogP contribution in [-0.4, -0.2) is 51.4 Å². The average molecular weight is 302 g/mol. The van der Waals surface area contributed by atoms with Crippen LogP contribution >= 0.6 is 0 Å². The molecule has 1 saturated heterocycles. The van der Waals surface area contributed by atoms with E-state index in [9.17, 15) is 4.79 Å². The van der Waals surface area contributed by atoms with Gasteiger partial charge in [-0.25, -0.2) is 4.98 Å². The molecule has 0 saturated carbocycles. The summed E-state index contributed by atoms with van der Waals surface area (Å²) in [5.74, 6) is 1.16. The summed E-state index contributed by atoms with van der Waals surface area (Å²) in [6.07, 6.45) is 7.91. The number of aromatic nitrogens is 2. The fourth-order valence-electron chi connectivity index (χ4n) is 2.88. The van der Waals surface area contributed by atoms with Gasteiger partial charge in [-0.1, -0.05) is 0 Å². The number of aryl methyl sites for hydroxylation is 1. The molecule has 0 bridgehead atoms. The van der Waals surface area contributed by atoms with E-state index < -0.39 is 0 Å². The number of carbonyl (C=O) groups excluding carboxylic acids is 1. The molecule has 0 aliphatic carbocycles. The second-order valence-electron chi connectivity index (χ2n) is 5.56. The van der Waals surface area contributed by atoms with E-state index in [1.165, 1.54) is 6.26 Å². The van der Waals surface area contributed by atoms with Gasteiger partial charge in [0, 0.05) is 45.1 Å². The molecule has 6 heteroatoms. The Labute approximate surface area is 130 Å². The summed E-state index contributed by atoms with van der Waals surface area (Å²) < 4.78 is 7.17. The predicted molar refractivity (Wildman–Crippen MR) is 82.4 cm³/mol. The zero-order chi connectivity index (χ0) is 15.4. The first-order valence-electron chi connectivity index (χ1n) is 7.81. The van der Waals surface area contributed by atoms with Gasteiger partial charge in [-0.3, -0.25) is 9.69 Å². The van der Waals surface area contributed by atoms with E-state index in [0.29, 0.717) is 5.56 Å². The van der Waals surface area contributed by atoms with Crippen LogP contribution in [0.5, 0.6) is 0 Å². The van der Waals surface area contributed by atoms with E-state index in [1.807, 2.05) is 17.3 Å². The van der Waals surface area contributed by atoms with Gasteiger partial charge in [0.05, 0.1) is 18.4 Å². The fraction of sp³-hybridized carbons (Fsp3) is 0.500. The summed E-state index contributed by atoms with van der Waals surface area (Å²) in [7, 11) is 0. The average Bonchev–Trinajstić information content (AvgIpc) is 3.15. The maximum absolute atomic E-state index is 12.4. The highest BCUT2D eigenvalue weighted by Crippen LogP contribution is 2.12. The molecule has 3 rings (SSSR count). The Morgan fingerprint density at radius 2 is 2.23 bits per heavy atom. The van der Waals surface area contributed by atoms with Gasteiger partial charge in [0.15, 0.2) is 0 Å². The lowest BCUT2D eigenvalue weighted by Gasteiger charge is -2.21. The summed E-state index contributed by atoms with van der Waals surface area (Å²) in [5, 5.41) is 0. The zero-order valence-corrected chi connectivity index (χ0v) is 12.9. The van der Waals surface area contributed by atoms with Crippen molar-refractivity contribution in [3.63, 3.8) is 0 Å². The summed E-state index contributed by atoms with van der Waals surface area (Å²) in [6.45, 7) is 7.31. The number of imidazole rings is 1. The Morgan fingerprint density at radius 1 is 1.32 bits per heavy atom. The molecule has 1 fully saturated rings. The number of hydrogen-bond donors (Lipinski definition) is 0. The smallest absolute Gasteiger partial charge is 0.257 e. The Morgan fingerprint density at radius 3 is 3.00 bits per heavy atom. The lowest BCUT2D eigenvalue weighted by atomic mass is 10.3. The molecular weight excluding hydrogens is 280 g/mol. The van der Waals surface area contributed by atoms with E-state index in [-0.39, 0.29) is 5.91 Å². The monoisotopic (exact) mass is 302 g/mol. The van der Waals surface area contributed by atoms with Gasteiger partial charge in [0.1, 0.15) is 12.1 Å². The third-order valence-corrected chi connectivity index (χ3v) is 4.15. The molecule has 6 nitrogen and oxygen atoms in total. The van der Waals surface area contributed by atoms with Gasteiger partial charge in [0.25, 0.3) is 5.91 Å².